The highest BCUT2D eigenvalue weighted by atomic mass is 127. The number of rotatable bonds is 5. The summed E-state index contributed by atoms with van der Waals surface area (Å²) in [6.45, 7) is 3.42. The summed E-state index contributed by atoms with van der Waals surface area (Å²) in [5.41, 5.74) is 1.16. The molecular formula is C20H31IN4O2. The van der Waals surface area contributed by atoms with Crippen LogP contribution in [0.4, 0.5) is 0 Å². The van der Waals surface area contributed by atoms with Gasteiger partial charge >= 0.3 is 0 Å². The molecule has 1 amide bonds. The minimum absolute atomic E-state index is 0. The van der Waals surface area contributed by atoms with E-state index in [1.54, 1.807) is 31.4 Å². The summed E-state index contributed by atoms with van der Waals surface area (Å²) in [6.07, 6.45) is 6.74. The fourth-order valence-electron chi connectivity index (χ4n) is 4.18. The van der Waals surface area contributed by atoms with E-state index in [1.165, 1.54) is 32.1 Å². The predicted octanol–water partition coefficient (Wildman–Crippen LogP) is 2.88. The lowest BCUT2D eigenvalue weighted by atomic mass is 9.86. The third kappa shape index (κ3) is 5.49. The van der Waals surface area contributed by atoms with Gasteiger partial charge in [0, 0.05) is 38.8 Å². The molecule has 1 aliphatic carbocycles. The highest BCUT2D eigenvalue weighted by Gasteiger charge is 2.40. The Hall–Kier alpha value is -1.51. The Bertz CT molecular complexity index is 642. The summed E-state index contributed by atoms with van der Waals surface area (Å²) < 4.78 is 5.11. The van der Waals surface area contributed by atoms with Crippen molar-refractivity contribution in [3.63, 3.8) is 0 Å². The van der Waals surface area contributed by atoms with Gasteiger partial charge in [0.25, 0.3) is 5.91 Å². The van der Waals surface area contributed by atoms with Gasteiger partial charge in [-0.05, 0) is 48.9 Å². The van der Waals surface area contributed by atoms with Crippen LogP contribution in [0.3, 0.4) is 0 Å². The van der Waals surface area contributed by atoms with E-state index in [2.05, 4.69) is 20.5 Å². The first-order chi connectivity index (χ1) is 12.7. The van der Waals surface area contributed by atoms with Crippen molar-refractivity contribution in [1.29, 1.82) is 0 Å². The lowest BCUT2D eigenvalue weighted by Crippen LogP contribution is -2.43. The van der Waals surface area contributed by atoms with Gasteiger partial charge in [-0.1, -0.05) is 12.8 Å². The van der Waals surface area contributed by atoms with Gasteiger partial charge in [0.2, 0.25) is 0 Å². The first-order valence-corrected chi connectivity index (χ1v) is 9.54. The zero-order valence-electron chi connectivity index (χ0n) is 16.3. The Kier molecular flexibility index (Phi) is 8.19. The Labute approximate surface area is 179 Å². The van der Waals surface area contributed by atoms with Gasteiger partial charge in [-0.3, -0.25) is 9.79 Å². The quantitative estimate of drug-likeness (QED) is 0.291. The number of carbonyl (C=O) groups is 1. The zero-order valence-corrected chi connectivity index (χ0v) is 18.6. The van der Waals surface area contributed by atoms with Gasteiger partial charge in [-0.25, -0.2) is 0 Å². The maximum absolute atomic E-state index is 12.2. The monoisotopic (exact) mass is 486 g/mol. The van der Waals surface area contributed by atoms with E-state index in [0.29, 0.717) is 24.1 Å². The molecule has 6 nitrogen and oxygen atoms in total. The molecule has 1 aromatic carbocycles. The number of methoxy groups -OCH3 is 1. The number of hydrogen-bond acceptors (Lipinski definition) is 3. The molecule has 7 heteroatoms. The van der Waals surface area contributed by atoms with Crippen molar-refractivity contribution in [2.45, 2.75) is 32.1 Å². The van der Waals surface area contributed by atoms with Crippen LogP contribution in [0.1, 0.15) is 42.5 Å². The molecule has 1 saturated heterocycles. The van der Waals surface area contributed by atoms with Gasteiger partial charge in [0.15, 0.2) is 5.96 Å². The summed E-state index contributed by atoms with van der Waals surface area (Å²) >= 11 is 0. The molecule has 2 N–H and O–H groups in total. The fourth-order valence-corrected chi connectivity index (χ4v) is 4.18. The first kappa shape index (κ1) is 21.8. The van der Waals surface area contributed by atoms with Crippen molar-refractivity contribution >= 4 is 35.8 Å². The molecule has 0 atom stereocenters. The largest absolute Gasteiger partial charge is 0.497 e. The highest BCUT2D eigenvalue weighted by molar-refractivity contribution is 14.0. The molecule has 2 fully saturated rings. The van der Waals surface area contributed by atoms with Gasteiger partial charge in [0.05, 0.1) is 7.11 Å². The van der Waals surface area contributed by atoms with Crippen molar-refractivity contribution in [3.8, 4) is 5.75 Å². The smallest absolute Gasteiger partial charge is 0.251 e. The van der Waals surface area contributed by atoms with Crippen LogP contribution in [-0.4, -0.2) is 57.1 Å². The number of nitrogens with one attached hydrogen (secondary N) is 2. The van der Waals surface area contributed by atoms with Crippen molar-refractivity contribution in [2.24, 2.45) is 10.4 Å². The summed E-state index contributed by atoms with van der Waals surface area (Å²) in [7, 11) is 3.44. The van der Waals surface area contributed by atoms with Gasteiger partial charge in [0.1, 0.15) is 5.75 Å². The van der Waals surface area contributed by atoms with E-state index in [4.69, 9.17) is 4.74 Å². The number of halogens is 1. The van der Waals surface area contributed by atoms with Crippen molar-refractivity contribution in [3.05, 3.63) is 29.8 Å². The molecule has 1 spiro atoms. The molecule has 1 saturated carbocycles. The van der Waals surface area contributed by atoms with Crippen molar-refractivity contribution in [2.75, 3.05) is 40.3 Å². The third-order valence-corrected chi connectivity index (χ3v) is 5.66. The zero-order chi connectivity index (χ0) is 18.4. The molecule has 150 valence electrons. The number of benzene rings is 1. The van der Waals surface area contributed by atoms with E-state index >= 15 is 0 Å². The molecule has 1 heterocycles. The Morgan fingerprint density at radius 2 is 1.81 bits per heavy atom. The average molecular weight is 486 g/mol. The van der Waals surface area contributed by atoms with Crippen LogP contribution in [-0.2, 0) is 0 Å². The second-order valence-corrected chi connectivity index (χ2v) is 7.34. The molecule has 0 unspecified atom stereocenters. The SMILES string of the molecule is CN=C(NCCNC(=O)c1ccc(OC)cc1)N1CCC2(CCCC2)C1.I. The molecule has 1 aliphatic heterocycles. The molecular weight excluding hydrogens is 455 g/mol. The van der Waals surface area contributed by atoms with E-state index in [0.717, 1.165) is 24.8 Å². The van der Waals surface area contributed by atoms with E-state index in [-0.39, 0.29) is 29.9 Å². The van der Waals surface area contributed by atoms with Crippen LogP contribution in [0.5, 0.6) is 5.75 Å². The summed E-state index contributed by atoms with van der Waals surface area (Å²) in [5, 5.41) is 6.32. The lowest BCUT2D eigenvalue weighted by Gasteiger charge is -2.26. The Morgan fingerprint density at radius 3 is 2.44 bits per heavy atom. The van der Waals surface area contributed by atoms with Crippen LogP contribution in [0.2, 0.25) is 0 Å². The number of likely N-dealkylation sites (tertiary alicyclic amines) is 1. The summed E-state index contributed by atoms with van der Waals surface area (Å²) in [6, 6.07) is 7.13. The lowest BCUT2D eigenvalue weighted by molar-refractivity contribution is 0.0954. The normalized spacial score (nSPS) is 18.3. The Balaban J connectivity index is 0.00000261. The van der Waals surface area contributed by atoms with Crippen molar-refractivity contribution < 1.29 is 9.53 Å². The average Bonchev–Trinajstić information content (AvgIpc) is 3.31. The maximum atomic E-state index is 12.2. The second-order valence-electron chi connectivity index (χ2n) is 7.34. The first-order valence-electron chi connectivity index (χ1n) is 9.54. The predicted molar refractivity (Wildman–Crippen MR) is 119 cm³/mol. The van der Waals surface area contributed by atoms with Crippen LogP contribution >= 0.6 is 24.0 Å². The van der Waals surface area contributed by atoms with Crippen LogP contribution in [0.25, 0.3) is 0 Å². The minimum Gasteiger partial charge on any atom is -0.497 e. The van der Waals surface area contributed by atoms with Gasteiger partial charge in [-0.15, -0.1) is 24.0 Å². The maximum Gasteiger partial charge on any atom is 0.251 e. The highest BCUT2D eigenvalue weighted by Crippen LogP contribution is 2.45. The van der Waals surface area contributed by atoms with Crippen LogP contribution in [0, 0.1) is 5.41 Å². The van der Waals surface area contributed by atoms with Gasteiger partial charge in [-0.2, -0.15) is 0 Å². The molecule has 0 aromatic heterocycles. The number of hydrogen-bond donors (Lipinski definition) is 2. The topological polar surface area (TPSA) is 66.0 Å². The molecule has 0 bridgehead atoms. The molecule has 1 aromatic rings. The molecule has 27 heavy (non-hydrogen) atoms. The van der Waals surface area contributed by atoms with Crippen molar-refractivity contribution in [1.82, 2.24) is 15.5 Å². The summed E-state index contributed by atoms with van der Waals surface area (Å²) in [5.74, 6) is 1.63. The standard InChI is InChI=1S/C20H30N4O2.HI/c1-21-19(24-14-11-20(15-24)9-3-4-10-20)23-13-12-22-18(25)16-5-7-17(26-2)8-6-16;/h5-8H,3-4,9-15H2,1-2H3,(H,21,23)(H,22,25);1H. The number of amides is 1. The van der Waals surface area contributed by atoms with E-state index in [9.17, 15) is 4.79 Å². The number of nitrogens with zero attached hydrogens (tertiary/aromatic N) is 2. The second kappa shape index (κ2) is 10.1. The number of aliphatic imine (C=N–C) groups is 1. The van der Waals surface area contributed by atoms with E-state index in [1.807, 2.05) is 7.05 Å². The molecule has 2 aliphatic rings. The minimum atomic E-state index is -0.0736. The Morgan fingerprint density at radius 1 is 1.15 bits per heavy atom. The van der Waals surface area contributed by atoms with Crippen LogP contribution in [0.15, 0.2) is 29.3 Å². The molecule has 0 radical (unpaired) electrons. The van der Waals surface area contributed by atoms with Gasteiger partial charge < -0.3 is 20.3 Å². The summed E-state index contributed by atoms with van der Waals surface area (Å²) in [4.78, 5) is 19.0. The fraction of sp³-hybridized carbons (Fsp3) is 0.600. The van der Waals surface area contributed by atoms with Crippen LogP contribution < -0.4 is 15.4 Å². The number of guanidine groups is 1. The number of carbonyl (C=O) groups excluding carboxylic acids is 1. The number of ether oxygens (including phenoxy) is 1. The third-order valence-electron chi connectivity index (χ3n) is 5.66. The van der Waals surface area contributed by atoms with E-state index < -0.39 is 0 Å². The molecule has 3 rings (SSSR count).